The van der Waals surface area contributed by atoms with Gasteiger partial charge in [0, 0.05) is 39.8 Å². The molecule has 2 aliphatic rings. The molecule has 26 heavy (non-hydrogen) atoms. The number of carbonyl (C=O) groups is 2. The topological polar surface area (TPSA) is 78.0 Å². The van der Waals surface area contributed by atoms with Crippen LogP contribution in [0.15, 0.2) is 23.1 Å². The summed E-state index contributed by atoms with van der Waals surface area (Å²) < 4.78 is 27.6. The monoisotopic (exact) mass is 379 g/mol. The summed E-state index contributed by atoms with van der Waals surface area (Å²) in [4.78, 5) is 27.5. The summed E-state index contributed by atoms with van der Waals surface area (Å²) in [5.41, 5.74) is 1.65. The van der Waals surface area contributed by atoms with E-state index < -0.39 is 16.1 Å². The van der Waals surface area contributed by atoms with Crippen LogP contribution in [-0.2, 0) is 26.0 Å². The van der Waals surface area contributed by atoms with Gasteiger partial charge in [-0.05, 0) is 49.4 Å². The summed E-state index contributed by atoms with van der Waals surface area (Å²) in [6.45, 7) is 2.52. The Morgan fingerprint density at radius 1 is 1.15 bits per heavy atom. The largest absolute Gasteiger partial charge is 0.347 e. The van der Waals surface area contributed by atoms with E-state index in [4.69, 9.17) is 0 Å². The molecule has 8 heteroatoms. The first-order valence-electron chi connectivity index (χ1n) is 8.87. The van der Waals surface area contributed by atoms with E-state index in [-0.39, 0.29) is 16.7 Å². The molecule has 2 amide bonds. The number of benzene rings is 1. The quantitative estimate of drug-likeness (QED) is 0.791. The number of hydrogen-bond acceptors (Lipinski definition) is 4. The first kappa shape index (κ1) is 18.8. The molecule has 1 aromatic carbocycles. The highest BCUT2D eigenvalue weighted by molar-refractivity contribution is 7.89. The minimum Gasteiger partial charge on any atom is -0.347 e. The summed E-state index contributed by atoms with van der Waals surface area (Å²) in [6.07, 6.45) is 2.76. The molecule has 1 aromatic rings. The number of nitrogens with zero attached hydrogens (tertiary/aromatic N) is 3. The molecule has 2 aliphatic heterocycles. The minimum absolute atomic E-state index is 0.0438. The maximum Gasteiger partial charge on any atom is 0.243 e. The van der Waals surface area contributed by atoms with Gasteiger partial charge in [-0.3, -0.25) is 9.59 Å². The van der Waals surface area contributed by atoms with Crippen LogP contribution in [0, 0.1) is 0 Å². The average molecular weight is 379 g/mol. The van der Waals surface area contributed by atoms with Crippen molar-refractivity contribution in [2.75, 3.05) is 32.1 Å². The fraction of sp³-hybridized carbons (Fsp3) is 0.556. The van der Waals surface area contributed by atoms with Gasteiger partial charge in [0.1, 0.15) is 6.04 Å². The Morgan fingerprint density at radius 2 is 1.88 bits per heavy atom. The van der Waals surface area contributed by atoms with Gasteiger partial charge in [0.05, 0.1) is 4.90 Å². The van der Waals surface area contributed by atoms with Crippen molar-refractivity contribution in [3.05, 3.63) is 23.8 Å². The number of amides is 2. The molecule has 1 unspecified atom stereocenters. The van der Waals surface area contributed by atoms with Gasteiger partial charge in [0.25, 0.3) is 0 Å². The SMILES string of the molecule is CC(=O)N1CCCc2cc(S(=O)(=O)N3CCCC3C(=O)N(C)C)ccc21. The molecule has 0 radical (unpaired) electrons. The Morgan fingerprint density at radius 3 is 2.54 bits per heavy atom. The van der Waals surface area contributed by atoms with E-state index in [2.05, 4.69) is 0 Å². The normalized spacial score (nSPS) is 20.7. The van der Waals surface area contributed by atoms with Crippen molar-refractivity contribution >= 4 is 27.5 Å². The Kier molecular flexibility index (Phi) is 5.07. The summed E-state index contributed by atoms with van der Waals surface area (Å²) >= 11 is 0. The predicted octanol–water partition coefficient (Wildman–Crippen LogP) is 1.23. The molecule has 2 heterocycles. The molecule has 1 saturated heterocycles. The van der Waals surface area contributed by atoms with Crippen LogP contribution in [0.5, 0.6) is 0 Å². The van der Waals surface area contributed by atoms with Crippen LogP contribution >= 0.6 is 0 Å². The van der Waals surface area contributed by atoms with E-state index in [0.717, 1.165) is 24.1 Å². The lowest BCUT2D eigenvalue weighted by Gasteiger charge is -2.30. The summed E-state index contributed by atoms with van der Waals surface area (Å²) in [5, 5.41) is 0. The summed E-state index contributed by atoms with van der Waals surface area (Å²) in [5.74, 6) is -0.232. The van der Waals surface area contributed by atoms with Crippen LogP contribution in [0.3, 0.4) is 0 Å². The number of fused-ring (bicyclic) bond motifs is 1. The zero-order chi connectivity index (χ0) is 19.1. The lowest BCUT2D eigenvalue weighted by atomic mass is 10.0. The van der Waals surface area contributed by atoms with E-state index in [1.165, 1.54) is 16.1 Å². The van der Waals surface area contributed by atoms with Gasteiger partial charge < -0.3 is 9.80 Å². The molecule has 0 bridgehead atoms. The van der Waals surface area contributed by atoms with Crippen molar-refractivity contribution in [2.24, 2.45) is 0 Å². The number of anilines is 1. The van der Waals surface area contributed by atoms with Crippen molar-refractivity contribution in [1.82, 2.24) is 9.21 Å². The third kappa shape index (κ3) is 3.23. The van der Waals surface area contributed by atoms with Crippen LogP contribution in [0.2, 0.25) is 0 Å². The van der Waals surface area contributed by atoms with E-state index in [0.29, 0.717) is 25.9 Å². The predicted molar refractivity (Wildman–Crippen MR) is 98.4 cm³/mol. The Hall–Kier alpha value is -1.93. The van der Waals surface area contributed by atoms with Crippen molar-refractivity contribution in [1.29, 1.82) is 0 Å². The first-order valence-corrected chi connectivity index (χ1v) is 10.3. The van der Waals surface area contributed by atoms with E-state index in [1.807, 2.05) is 0 Å². The molecule has 3 rings (SSSR count). The van der Waals surface area contributed by atoms with Gasteiger partial charge in [-0.2, -0.15) is 4.31 Å². The summed E-state index contributed by atoms with van der Waals surface area (Å²) in [6, 6.07) is 4.28. The van der Waals surface area contributed by atoms with Crippen LogP contribution in [0.25, 0.3) is 0 Å². The summed E-state index contributed by atoms with van der Waals surface area (Å²) in [7, 11) is -0.476. The third-order valence-corrected chi connectivity index (χ3v) is 6.99. The standard InChI is InChI=1S/C18H25N3O4S/c1-13(22)20-10-4-6-14-12-15(8-9-16(14)20)26(24,25)21-11-5-7-17(21)18(23)19(2)3/h8-9,12,17H,4-7,10-11H2,1-3H3. The van der Waals surface area contributed by atoms with Crippen LogP contribution < -0.4 is 4.90 Å². The second-order valence-electron chi connectivity index (χ2n) is 7.07. The number of aryl methyl sites for hydroxylation is 1. The lowest BCUT2D eigenvalue weighted by Crippen LogP contribution is -2.45. The number of sulfonamides is 1. The zero-order valence-corrected chi connectivity index (χ0v) is 16.3. The number of likely N-dealkylation sites (N-methyl/N-ethyl adjacent to an activating group) is 1. The molecule has 0 N–H and O–H groups in total. The number of hydrogen-bond donors (Lipinski definition) is 0. The molecule has 0 aliphatic carbocycles. The fourth-order valence-electron chi connectivity index (χ4n) is 3.77. The maximum atomic E-state index is 13.1. The van der Waals surface area contributed by atoms with Gasteiger partial charge in [-0.1, -0.05) is 0 Å². The van der Waals surface area contributed by atoms with Crippen LogP contribution in [0.4, 0.5) is 5.69 Å². The van der Waals surface area contributed by atoms with Gasteiger partial charge in [-0.25, -0.2) is 8.42 Å². The van der Waals surface area contributed by atoms with Crippen molar-refractivity contribution in [2.45, 2.75) is 43.5 Å². The van der Waals surface area contributed by atoms with Crippen molar-refractivity contribution in [3.8, 4) is 0 Å². The minimum atomic E-state index is -3.76. The zero-order valence-electron chi connectivity index (χ0n) is 15.4. The number of rotatable bonds is 3. The van der Waals surface area contributed by atoms with Crippen molar-refractivity contribution < 1.29 is 18.0 Å². The van der Waals surface area contributed by atoms with Gasteiger partial charge >= 0.3 is 0 Å². The Bertz CT molecular complexity index is 835. The molecule has 0 spiro atoms. The molecule has 1 atom stereocenters. The Labute approximate surface area is 154 Å². The third-order valence-electron chi connectivity index (χ3n) is 5.09. The van der Waals surface area contributed by atoms with Gasteiger partial charge in [0.2, 0.25) is 21.8 Å². The van der Waals surface area contributed by atoms with E-state index in [1.54, 1.807) is 37.2 Å². The second kappa shape index (κ2) is 7.00. The van der Waals surface area contributed by atoms with Crippen LogP contribution in [-0.4, -0.2) is 62.7 Å². The molecule has 0 saturated carbocycles. The highest BCUT2D eigenvalue weighted by atomic mass is 32.2. The molecule has 1 fully saturated rings. The smallest absolute Gasteiger partial charge is 0.243 e. The molecule has 7 nitrogen and oxygen atoms in total. The Balaban J connectivity index is 1.95. The highest BCUT2D eigenvalue weighted by Gasteiger charge is 2.40. The molecular formula is C18H25N3O4S. The maximum absolute atomic E-state index is 13.1. The lowest BCUT2D eigenvalue weighted by molar-refractivity contribution is -0.132. The molecule has 142 valence electrons. The second-order valence-corrected chi connectivity index (χ2v) is 8.96. The number of carbonyl (C=O) groups excluding carboxylic acids is 2. The average Bonchev–Trinajstić information content (AvgIpc) is 3.10. The highest BCUT2D eigenvalue weighted by Crippen LogP contribution is 2.32. The van der Waals surface area contributed by atoms with E-state index >= 15 is 0 Å². The molecule has 0 aromatic heterocycles. The van der Waals surface area contributed by atoms with Crippen LogP contribution in [0.1, 0.15) is 31.7 Å². The molecular weight excluding hydrogens is 354 g/mol. The van der Waals surface area contributed by atoms with Gasteiger partial charge in [-0.15, -0.1) is 0 Å². The van der Waals surface area contributed by atoms with Gasteiger partial charge in [0.15, 0.2) is 0 Å². The van der Waals surface area contributed by atoms with Crippen molar-refractivity contribution in [3.63, 3.8) is 0 Å². The first-order chi connectivity index (χ1) is 12.2. The van der Waals surface area contributed by atoms with E-state index in [9.17, 15) is 18.0 Å². The fourth-order valence-corrected chi connectivity index (χ4v) is 5.47.